The highest BCUT2D eigenvalue weighted by molar-refractivity contribution is 5.85. The largest absolute Gasteiger partial charge is 0.439 e. The average molecular weight is 474 g/mol. The van der Waals surface area contributed by atoms with Crippen LogP contribution in [0.5, 0.6) is 0 Å². The Kier molecular flexibility index (Phi) is 6.05. The summed E-state index contributed by atoms with van der Waals surface area (Å²) in [6.45, 7) is 7.40. The van der Waals surface area contributed by atoms with Gasteiger partial charge < -0.3 is 10.0 Å². The van der Waals surface area contributed by atoms with Gasteiger partial charge in [0, 0.05) is 16.4 Å². The van der Waals surface area contributed by atoms with E-state index in [-0.39, 0.29) is 17.7 Å². The molecular weight excluding hydrogens is 442 g/mol. The fraction of sp³-hybridized carbons (Fsp3) is 0.905. The number of alkyl halides is 6. The fourth-order valence-corrected chi connectivity index (χ4v) is 4.05. The molecule has 0 aromatic carbocycles. The van der Waals surface area contributed by atoms with Crippen LogP contribution in [-0.2, 0) is 9.59 Å². The van der Waals surface area contributed by atoms with Gasteiger partial charge in [-0.1, -0.05) is 41.5 Å². The van der Waals surface area contributed by atoms with Crippen LogP contribution in [0.15, 0.2) is 0 Å². The Hall–Kier alpha value is -1.52. The molecule has 2 aliphatic carbocycles. The summed E-state index contributed by atoms with van der Waals surface area (Å²) in [5.41, 5.74) is -10.8. The number of rotatable bonds is 5. The number of aliphatic hydroxyl groups is 1. The molecule has 0 aromatic rings. The molecule has 1 atom stereocenters. The van der Waals surface area contributed by atoms with Crippen LogP contribution in [0.25, 0.3) is 0 Å². The van der Waals surface area contributed by atoms with E-state index in [1.54, 1.807) is 0 Å². The van der Waals surface area contributed by atoms with Gasteiger partial charge in [0.1, 0.15) is 12.1 Å². The van der Waals surface area contributed by atoms with Gasteiger partial charge in [-0.25, -0.2) is 0 Å². The third kappa shape index (κ3) is 4.46. The van der Waals surface area contributed by atoms with Crippen LogP contribution in [0.2, 0.25) is 0 Å². The second-order valence-electron chi connectivity index (χ2n) is 11.3. The van der Waals surface area contributed by atoms with E-state index in [1.165, 1.54) is 48.5 Å². The number of carbonyl (C=O) groups is 2. The lowest BCUT2D eigenvalue weighted by Gasteiger charge is -2.54. The van der Waals surface area contributed by atoms with Crippen LogP contribution >= 0.6 is 0 Å². The fourth-order valence-electron chi connectivity index (χ4n) is 4.05. The Bertz CT molecular complexity index is 770. The predicted molar refractivity (Wildman–Crippen MR) is 104 cm³/mol. The van der Waals surface area contributed by atoms with Gasteiger partial charge in [-0.3, -0.25) is 14.5 Å². The average Bonchev–Trinajstić information content (AvgIpc) is 3.45. The normalized spacial score (nSPS) is 22.1. The molecule has 0 spiro atoms. The van der Waals surface area contributed by atoms with Crippen molar-refractivity contribution in [3.05, 3.63) is 0 Å². The van der Waals surface area contributed by atoms with Crippen molar-refractivity contribution in [3.63, 3.8) is 0 Å². The van der Waals surface area contributed by atoms with Gasteiger partial charge in [0.15, 0.2) is 0 Å². The van der Waals surface area contributed by atoms with Crippen molar-refractivity contribution in [3.8, 4) is 0 Å². The zero-order chi connectivity index (χ0) is 25.3. The van der Waals surface area contributed by atoms with Crippen molar-refractivity contribution in [1.82, 2.24) is 9.80 Å². The Morgan fingerprint density at radius 2 is 1.22 bits per heavy atom. The highest BCUT2D eigenvalue weighted by atomic mass is 19.4. The molecule has 5 nitrogen and oxygen atoms in total. The van der Waals surface area contributed by atoms with E-state index in [1.807, 2.05) is 0 Å². The van der Waals surface area contributed by atoms with Gasteiger partial charge in [0.05, 0.1) is 0 Å². The molecule has 0 heterocycles. The van der Waals surface area contributed by atoms with Crippen molar-refractivity contribution in [2.24, 2.45) is 10.8 Å². The van der Waals surface area contributed by atoms with E-state index in [4.69, 9.17) is 0 Å². The number of hydrogen-bond donors (Lipinski definition) is 1. The Labute approximate surface area is 184 Å². The molecule has 0 unspecified atom stereocenters. The Morgan fingerprint density at radius 1 is 0.812 bits per heavy atom. The summed E-state index contributed by atoms with van der Waals surface area (Å²) in [5.74, 6) is -2.22. The molecule has 2 amide bonds. The summed E-state index contributed by atoms with van der Waals surface area (Å²) in [4.78, 5) is 26.7. The molecule has 0 radical (unpaired) electrons. The molecule has 32 heavy (non-hydrogen) atoms. The first kappa shape index (κ1) is 26.7. The predicted octanol–water partition coefficient (Wildman–Crippen LogP) is 4.63. The maximum Gasteiger partial charge on any atom is 0.439 e. The summed E-state index contributed by atoms with van der Waals surface area (Å²) >= 11 is 0. The van der Waals surface area contributed by atoms with E-state index < -0.39 is 71.2 Å². The van der Waals surface area contributed by atoms with Crippen molar-refractivity contribution in [2.75, 3.05) is 6.54 Å². The SMILES string of the molecule is CC(C)(C)C(=O)N(CC(F)(F)F)C1([C@@](O)(N(C(=O)C(C)(C)C)C2(C)CC2)C(F)(F)F)CC1. The Balaban J connectivity index is 2.79. The van der Waals surface area contributed by atoms with Gasteiger partial charge in [0.2, 0.25) is 11.8 Å². The lowest BCUT2D eigenvalue weighted by Crippen LogP contribution is -2.77. The van der Waals surface area contributed by atoms with Crippen LogP contribution in [0.4, 0.5) is 26.3 Å². The third-order valence-corrected chi connectivity index (χ3v) is 6.19. The zero-order valence-electron chi connectivity index (χ0n) is 19.5. The topological polar surface area (TPSA) is 60.9 Å². The first-order valence-corrected chi connectivity index (χ1v) is 10.5. The van der Waals surface area contributed by atoms with Crippen molar-refractivity contribution in [1.29, 1.82) is 0 Å². The second-order valence-corrected chi connectivity index (χ2v) is 11.3. The minimum Gasteiger partial charge on any atom is -0.362 e. The third-order valence-electron chi connectivity index (χ3n) is 6.19. The summed E-state index contributed by atoms with van der Waals surface area (Å²) in [6.07, 6.45) is -11.3. The van der Waals surface area contributed by atoms with E-state index in [0.29, 0.717) is 4.90 Å². The summed E-state index contributed by atoms with van der Waals surface area (Å²) in [7, 11) is 0. The quantitative estimate of drug-likeness (QED) is 0.467. The maximum absolute atomic E-state index is 14.7. The lowest BCUT2D eigenvalue weighted by molar-refractivity contribution is -0.345. The second kappa shape index (κ2) is 7.24. The first-order chi connectivity index (χ1) is 13.9. The van der Waals surface area contributed by atoms with Crippen molar-refractivity contribution < 1.29 is 41.0 Å². The van der Waals surface area contributed by atoms with E-state index in [2.05, 4.69) is 0 Å². The van der Waals surface area contributed by atoms with Crippen LogP contribution in [0, 0.1) is 10.8 Å². The molecule has 1 N–H and O–H groups in total. The van der Waals surface area contributed by atoms with Gasteiger partial charge in [-0.2, -0.15) is 26.3 Å². The maximum atomic E-state index is 14.7. The first-order valence-electron chi connectivity index (χ1n) is 10.5. The number of amides is 2. The smallest absolute Gasteiger partial charge is 0.362 e. The van der Waals surface area contributed by atoms with E-state index in [0.717, 1.165) is 0 Å². The molecule has 2 saturated carbocycles. The molecule has 2 rings (SSSR count). The number of hydrogen-bond acceptors (Lipinski definition) is 3. The van der Waals surface area contributed by atoms with Crippen molar-refractivity contribution >= 4 is 11.8 Å². The van der Waals surface area contributed by atoms with Gasteiger partial charge in [-0.05, 0) is 32.6 Å². The van der Waals surface area contributed by atoms with Gasteiger partial charge >= 0.3 is 12.4 Å². The highest BCUT2D eigenvalue weighted by Crippen LogP contribution is 2.62. The van der Waals surface area contributed by atoms with Gasteiger partial charge in [-0.15, -0.1) is 0 Å². The van der Waals surface area contributed by atoms with E-state index in [9.17, 15) is 41.0 Å². The van der Waals surface area contributed by atoms with Crippen molar-refractivity contribution in [2.45, 2.75) is 103 Å². The van der Waals surface area contributed by atoms with E-state index >= 15 is 0 Å². The minimum atomic E-state index is -5.52. The number of carbonyl (C=O) groups excluding carboxylic acids is 2. The molecule has 11 heteroatoms. The summed E-state index contributed by atoms with van der Waals surface area (Å²) in [6, 6.07) is 0. The standard InChI is InChI=1S/C21H32F6N2O3/c1-15(2,3)13(30)28(12-19(22,23)24)18(10-11-18)20(32,21(25,26)27)29(17(7)8-9-17)14(31)16(4,5)6/h32H,8-12H2,1-7H3/t20-/m0/s1. The highest BCUT2D eigenvalue weighted by Gasteiger charge is 2.81. The van der Waals surface area contributed by atoms with Crippen LogP contribution < -0.4 is 0 Å². The molecule has 2 aliphatic rings. The monoisotopic (exact) mass is 474 g/mol. The molecule has 0 aromatic heterocycles. The molecule has 0 aliphatic heterocycles. The van der Waals surface area contributed by atoms with Crippen LogP contribution in [0.3, 0.4) is 0 Å². The molecular formula is C21H32F6N2O3. The molecule has 2 fully saturated rings. The summed E-state index contributed by atoms with van der Waals surface area (Å²) in [5, 5.41) is 11.4. The lowest BCUT2D eigenvalue weighted by atomic mass is 9.85. The van der Waals surface area contributed by atoms with Crippen LogP contribution in [-0.4, -0.2) is 62.4 Å². The minimum absolute atomic E-state index is 0.106. The molecule has 186 valence electrons. The summed E-state index contributed by atoms with van der Waals surface area (Å²) < 4.78 is 84.4. The molecule has 0 saturated heterocycles. The number of halogens is 6. The number of nitrogens with zero attached hydrogens (tertiary/aromatic N) is 2. The molecule has 0 bridgehead atoms. The van der Waals surface area contributed by atoms with Gasteiger partial charge in [0.25, 0.3) is 5.72 Å². The van der Waals surface area contributed by atoms with Crippen LogP contribution in [0.1, 0.15) is 74.1 Å². The zero-order valence-corrected chi connectivity index (χ0v) is 19.5. The Morgan fingerprint density at radius 3 is 1.47 bits per heavy atom.